The van der Waals surface area contributed by atoms with Crippen molar-refractivity contribution < 1.29 is 14.3 Å². The van der Waals surface area contributed by atoms with E-state index in [0.29, 0.717) is 27.0 Å². The highest BCUT2D eigenvalue weighted by atomic mass is 35.5. The SMILES string of the molecule is COc1ccccc1C(Nc1ccc(Cl)c(Cl)c1)C(=O)OC(C)C. The van der Waals surface area contributed by atoms with Gasteiger partial charge >= 0.3 is 5.97 Å². The summed E-state index contributed by atoms with van der Waals surface area (Å²) in [6.45, 7) is 3.60. The van der Waals surface area contributed by atoms with Crippen molar-refractivity contribution >= 4 is 34.9 Å². The summed E-state index contributed by atoms with van der Waals surface area (Å²) >= 11 is 12.0. The Morgan fingerprint density at radius 1 is 1.08 bits per heavy atom. The molecule has 0 saturated heterocycles. The van der Waals surface area contributed by atoms with E-state index in [1.54, 1.807) is 45.2 Å². The largest absolute Gasteiger partial charge is 0.496 e. The highest BCUT2D eigenvalue weighted by Crippen LogP contribution is 2.31. The molecule has 1 atom stereocenters. The third-order valence-electron chi connectivity index (χ3n) is 3.27. The number of halogens is 2. The van der Waals surface area contributed by atoms with Gasteiger partial charge in [0.1, 0.15) is 5.75 Å². The van der Waals surface area contributed by atoms with Crippen molar-refractivity contribution in [2.75, 3.05) is 12.4 Å². The van der Waals surface area contributed by atoms with Crippen LogP contribution in [0.5, 0.6) is 5.75 Å². The molecule has 0 aliphatic heterocycles. The minimum atomic E-state index is -0.735. The number of benzene rings is 2. The summed E-state index contributed by atoms with van der Waals surface area (Å²) in [6, 6.07) is 11.6. The number of methoxy groups -OCH3 is 1. The van der Waals surface area contributed by atoms with Crippen LogP contribution >= 0.6 is 23.2 Å². The molecule has 0 radical (unpaired) electrons. The number of carbonyl (C=O) groups excluding carboxylic acids is 1. The van der Waals surface area contributed by atoms with E-state index >= 15 is 0 Å². The van der Waals surface area contributed by atoms with Crippen LogP contribution in [0.1, 0.15) is 25.5 Å². The second-order valence-electron chi connectivity index (χ2n) is 5.43. The molecule has 1 unspecified atom stereocenters. The van der Waals surface area contributed by atoms with E-state index in [-0.39, 0.29) is 6.10 Å². The Balaban J connectivity index is 2.38. The molecule has 4 nitrogen and oxygen atoms in total. The normalized spacial score (nSPS) is 11.9. The Labute approximate surface area is 151 Å². The number of hydrogen-bond donors (Lipinski definition) is 1. The van der Waals surface area contributed by atoms with Crippen molar-refractivity contribution in [3.8, 4) is 5.75 Å². The first-order valence-corrected chi connectivity index (χ1v) is 8.23. The van der Waals surface area contributed by atoms with Gasteiger partial charge in [0.2, 0.25) is 0 Å². The van der Waals surface area contributed by atoms with Crippen LogP contribution in [0, 0.1) is 0 Å². The molecule has 2 aromatic rings. The van der Waals surface area contributed by atoms with Gasteiger partial charge in [0.05, 0.1) is 23.3 Å². The van der Waals surface area contributed by atoms with Gasteiger partial charge in [0, 0.05) is 11.3 Å². The zero-order chi connectivity index (χ0) is 17.7. The van der Waals surface area contributed by atoms with Gasteiger partial charge < -0.3 is 14.8 Å². The summed E-state index contributed by atoms with van der Waals surface area (Å²) in [6.07, 6.45) is -0.231. The van der Waals surface area contributed by atoms with Gasteiger partial charge in [-0.05, 0) is 38.1 Å². The van der Waals surface area contributed by atoms with Crippen molar-refractivity contribution in [3.05, 3.63) is 58.1 Å². The van der Waals surface area contributed by atoms with Gasteiger partial charge in [-0.2, -0.15) is 0 Å². The maximum absolute atomic E-state index is 12.6. The molecule has 2 aromatic carbocycles. The van der Waals surface area contributed by atoms with Crippen molar-refractivity contribution in [2.45, 2.75) is 26.0 Å². The first kappa shape index (κ1) is 18.4. The summed E-state index contributed by atoms with van der Waals surface area (Å²) in [5.41, 5.74) is 1.33. The van der Waals surface area contributed by atoms with Gasteiger partial charge in [-0.3, -0.25) is 0 Å². The Morgan fingerprint density at radius 2 is 1.79 bits per heavy atom. The Bertz CT molecular complexity index is 719. The van der Waals surface area contributed by atoms with Crippen LogP contribution in [0.25, 0.3) is 0 Å². The molecule has 0 heterocycles. The molecule has 6 heteroatoms. The maximum Gasteiger partial charge on any atom is 0.333 e. The van der Waals surface area contributed by atoms with E-state index in [2.05, 4.69) is 5.32 Å². The molecule has 0 saturated carbocycles. The van der Waals surface area contributed by atoms with Crippen LogP contribution in [-0.4, -0.2) is 19.2 Å². The number of anilines is 1. The molecule has 0 spiro atoms. The fourth-order valence-electron chi connectivity index (χ4n) is 2.22. The Hall–Kier alpha value is -1.91. The van der Waals surface area contributed by atoms with E-state index in [4.69, 9.17) is 32.7 Å². The summed E-state index contributed by atoms with van der Waals surface area (Å²) in [4.78, 5) is 12.6. The first-order valence-electron chi connectivity index (χ1n) is 7.47. The van der Waals surface area contributed by atoms with Crippen molar-refractivity contribution in [1.29, 1.82) is 0 Å². The van der Waals surface area contributed by atoms with E-state index in [1.165, 1.54) is 0 Å². The molecule has 24 heavy (non-hydrogen) atoms. The summed E-state index contributed by atoms with van der Waals surface area (Å²) in [5, 5.41) is 3.99. The third kappa shape index (κ3) is 4.56. The van der Waals surface area contributed by atoms with Gasteiger partial charge in [0.25, 0.3) is 0 Å². The summed E-state index contributed by atoms with van der Waals surface area (Å²) < 4.78 is 10.7. The molecule has 0 fully saturated rings. The molecule has 0 bridgehead atoms. The molecular formula is C18H19Cl2NO3. The van der Waals surface area contributed by atoms with Crippen LogP contribution in [-0.2, 0) is 9.53 Å². The number of carbonyl (C=O) groups is 1. The lowest BCUT2D eigenvalue weighted by Crippen LogP contribution is -2.26. The summed E-state index contributed by atoms with van der Waals surface area (Å²) in [7, 11) is 1.56. The van der Waals surface area contributed by atoms with Crippen LogP contribution < -0.4 is 10.1 Å². The first-order chi connectivity index (χ1) is 11.4. The average molecular weight is 368 g/mol. The quantitative estimate of drug-likeness (QED) is 0.720. The van der Waals surface area contributed by atoms with Crippen LogP contribution in [0.15, 0.2) is 42.5 Å². The van der Waals surface area contributed by atoms with E-state index in [1.807, 2.05) is 18.2 Å². The minimum absolute atomic E-state index is 0.231. The fourth-order valence-corrected chi connectivity index (χ4v) is 2.52. The highest BCUT2D eigenvalue weighted by Gasteiger charge is 2.26. The van der Waals surface area contributed by atoms with Crippen LogP contribution in [0.4, 0.5) is 5.69 Å². The van der Waals surface area contributed by atoms with Gasteiger partial charge in [-0.1, -0.05) is 41.4 Å². The van der Waals surface area contributed by atoms with Crippen LogP contribution in [0.2, 0.25) is 10.0 Å². The molecule has 0 aliphatic carbocycles. The molecule has 1 N–H and O–H groups in total. The zero-order valence-electron chi connectivity index (χ0n) is 13.7. The molecule has 0 aromatic heterocycles. The Morgan fingerprint density at radius 3 is 2.42 bits per heavy atom. The molecule has 128 valence electrons. The fraction of sp³-hybridized carbons (Fsp3) is 0.278. The molecular weight excluding hydrogens is 349 g/mol. The number of nitrogens with one attached hydrogen (secondary N) is 1. The van der Waals surface area contributed by atoms with E-state index < -0.39 is 12.0 Å². The number of para-hydroxylation sites is 1. The van der Waals surface area contributed by atoms with E-state index in [9.17, 15) is 4.79 Å². The monoisotopic (exact) mass is 367 g/mol. The molecule has 0 amide bonds. The Kier molecular flexibility index (Phi) is 6.35. The number of hydrogen-bond acceptors (Lipinski definition) is 4. The van der Waals surface area contributed by atoms with Crippen LogP contribution in [0.3, 0.4) is 0 Å². The third-order valence-corrected chi connectivity index (χ3v) is 4.01. The molecule has 2 rings (SSSR count). The highest BCUT2D eigenvalue weighted by molar-refractivity contribution is 6.42. The predicted molar refractivity (Wildman–Crippen MR) is 97.0 cm³/mol. The van der Waals surface area contributed by atoms with Crippen molar-refractivity contribution in [3.63, 3.8) is 0 Å². The van der Waals surface area contributed by atoms with Gasteiger partial charge in [-0.25, -0.2) is 4.79 Å². The zero-order valence-corrected chi connectivity index (χ0v) is 15.2. The number of rotatable bonds is 6. The van der Waals surface area contributed by atoms with Crippen molar-refractivity contribution in [1.82, 2.24) is 0 Å². The van der Waals surface area contributed by atoms with Gasteiger partial charge in [-0.15, -0.1) is 0 Å². The predicted octanol–water partition coefficient (Wildman–Crippen LogP) is 5.11. The average Bonchev–Trinajstić information content (AvgIpc) is 2.55. The lowest BCUT2D eigenvalue weighted by Gasteiger charge is -2.22. The number of ether oxygens (including phenoxy) is 2. The smallest absolute Gasteiger partial charge is 0.333 e. The second kappa shape index (κ2) is 8.27. The molecule has 0 aliphatic rings. The van der Waals surface area contributed by atoms with Gasteiger partial charge in [0.15, 0.2) is 6.04 Å². The topological polar surface area (TPSA) is 47.6 Å². The lowest BCUT2D eigenvalue weighted by molar-refractivity contribution is -0.148. The maximum atomic E-state index is 12.6. The minimum Gasteiger partial charge on any atom is -0.496 e. The van der Waals surface area contributed by atoms with Crippen molar-refractivity contribution in [2.24, 2.45) is 0 Å². The second-order valence-corrected chi connectivity index (χ2v) is 6.25. The number of esters is 1. The standard InChI is InChI=1S/C18H19Cl2NO3/c1-11(2)24-18(22)17(13-6-4-5-7-16(13)23-3)21-12-8-9-14(19)15(20)10-12/h4-11,17,21H,1-3H3. The van der Waals surface area contributed by atoms with E-state index in [0.717, 1.165) is 0 Å². The lowest BCUT2D eigenvalue weighted by atomic mass is 10.1. The summed E-state index contributed by atoms with van der Waals surface area (Å²) in [5.74, 6) is 0.191.